The van der Waals surface area contributed by atoms with Crippen LogP contribution in [0.3, 0.4) is 0 Å². The Hall–Kier alpha value is -2.49. The summed E-state index contributed by atoms with van der Waals surface area (Å²) in [6, 6.07) is 13.7. The van der Waals surface area contributed by atoms with E-state index in [4.69, 9.17) is 11.5 Å². The number of primary amides is 1. The summed E-state index contributed by atoms with van der Waals surface area (Å²) in [5.41, 5.74) is 15.7. The lowest BCUT2D eigenvalue weighted by Crippen LogP contribution is -2.18. The van der Waals surface area contributed by atoms with Crippen LogP contribution in [0.5, 0.6) is 0 Å². The molecule has 110 valence electrons. The fraction of sp³-hybridized carbons (Fsp3) is 0.235. The van der Waals surface area contributed by atoms with Gasteiger partial charge < -0.3 is 16.4 Å². The van der Waals surface area contributed by atoms with Crippen LogP contribution in [0.4, 0.5) is 11.4 Å². The molecule has 0 radical (unpaired) electrons. The van der Waals surface area contributed by atoms with Crippen molar-refractivity contribution in [3.8, 4) is 0 Å². The van der Waals surface area contributed by atoms with E-state index in [1.165, 1.54) is 5.56 Å². The molecule has 0 saturated heterocycles. The number of benzene rings is 2. The maximum Gasteiger partial charge on any atom is 0.248 e. The topological polar surface area (TPSA) is 72.3 Å². The van der Waals surface area contributed by atoms with Gasteiger partial charge in [-0.05, 0) is 41.8 Å². The van der Waals surface area contributed by atoms with Gasteiger partial charge in [-0.2, -0.15) is 0 Å². The summed E-state index contributed by atoms with van der Waals surface area (Å²) < 4.78 is 0. The molecule has 0 bridgehead atoms. The number of nitrogens with two attached hydrogens (primary N) is 2. The van der Waals surface area contributed by atoms with Gasteiger partial charge in [-0.1, -0.05) is 25.1 Å². The monoisotopic (exact) mass is 283 g/mol. The standard InChI is InChI=1S/C17H21N3O/c1-3-12-4-8-15(9-5-12)20(2)11-14-7-6-13(17(19)21)10-16(14)18/h4-10H,3,11,18H2,1-2H3,(H2,19,21). The predicted molar refractivity (Wildman–Crippen MR) is 87.3 cm³/mol. The summed E-state index contributed by atoms with van der Waals surface area (Å²) in [6.07, 6.45) is 1.03. The molecular formula is C17H21N3O. The van der Waals surface area contributed by atoms with E-state index in [9.17, 15) is 4.79 Å². The Kier molecular flexibility index (Phi) is 4.48. The molecule has 4 heteroatoms. The molecule has 2 rings (SSSR count). The minimum atomic E-state index is -0.461. The molecule has 21 heavy (non-hydrogen) atoms. The molecule has 0 aliphatic heterocycles. The summed E-state index contributed by atoms with van der Waals surface area (Å²) in [5.74, 6) is -0.461. The Bertz CT molecular complexity index is 635. The number of aryl methyl sites for hydroxylation is 1. The van der Waals surface area contributed by atoms with Crippen LogP contribution in [0.1, 0.15) is 28.4 Å². The normalized spacial score (nSPS) is 10.4. The lowest BCUT2D eigenvalue weighted by atomic mass is 10.1. The van der Waals surface area contributed by atoms with E-state index in [0.29, 0.717) is 17.8 Å². The van der Waals surface area contributed by atoms with Gasteiger partial charge in [0.15, 0.2) is 0 Å². The molecule has 0 unspecified atom stereocenters. The maximum atomic E-state index is 11.1. The summed E-state index contributed by atoms with van der Waals surface area (Å²) in [6.45, 7) is 2.82. The Morgan fingerprint density at radius 1 is 1.14 bits per heavy atom. The molecule has 0 heterocycles. The van der Waals surface area contributed by atoms with Crippen LogP contribution in [-0.2, 0) is 13.0 Å². The summed E-state index contributed by atoms with van der Waals surface area (Å²) in [5, 5.41) is 0. The van der Waals surface area contributed by atoms with Gasteiger partial charge in [-0.3, -0.25) is 4.79 Å². The summed E-state index contributed by atoms with van der Waals surface area (Å²) in [4.78, 5) is 13.2. The van der Waals surface area contributed by atoms with E-state index in [1.807, 2.05) is 13.1 Å². The Labute approximate surface area is 125 Å². The number of hydrogen-bond donors (Lipinski definition) is 2. The van der Waals surface area contributed by atoms with Crippen LogP contribution in [0.2, 0.25) is 0 Å². The number of rotatable bonds is 5. The lowest BCUT2D eigenvalue weighted by molar-refractivity contribution is 0.100. The van der Waals surface area contributed by atoms with Gasteiger partial charge in [0.2, 0.25) is 5.91 Å². The number of nitrogen functional groups attached to an aromatic ring is 1. The van der Waals surface area contributed by atoms with Crippen molar-refractivity contribution >= 4 is 17.3 Å². The molecule has 0 aliphatic rings. The zero-order valence-corrected chi connectivity index (χ0v) is 12.5. The first-order chi connectivity index (χ1) is 10.0. The van der Waals surface area contributed by atoms with Gasteiger partial charge in [0.05, 0.1) is 0 Å². The molecule has 0 fully saturated rings. The first kappa shape index (κ1) is 14.9. The highest BCUT2D eigenvalue weighted by molar-refractivity contribution is 5.93. The van der Waals surface area contributed by atoms with Crippen molar-refractivity contribution < 1.29 is 4.79 Å². The second-order valence-electron chi connectivity index (χ2n) is 5.15. The average Bonchev–Trinajstić information content (AvgIpc) is 2.49. The molecule has 0 saturated carbocycles. The molecule has 4 nitrogen and oxygen atoms in total. The van der Waals surface area contributed by atoms with Crippen molar-refractivity contribution in [1.82, 2.24) is 0 Å². The Morgan fingerprint density at radius 3 is 2.33 bits per heavy atom. The molecule has 0 spiro atoms. The smallest absolute Gasteiger partial charge is 0.248 e. The average molecular weight is 283 g/mol. The van der Waals surface area contributed by atoms with E-state index in [2.05, 4.69) is 36.1 Å². The molecule has 2 aromatic rings. The van der Waals surface area contributed by atoms with Crippen LogP contribution in [0.15, 0.2) is 42.5 Å². The van der Waals surface area contributed by atoms with Gasteiger partial charge in [0, 0.05) is 30.5 Å². The molecule has 2 aromatic carbocycles. The molecule has 1 amide bonds. The number of amides is 1. The third-order valence-electron chi connectivity index (χ3n) is 3.62. The molecule has 0 atom stereocenters. The largest absolute Gasteiger partial charge is 0.398 e. The number of anilines is 2. The van der Waals surface area contributed by atoms with Crippen molar-refractivity contribution in [3.05, 3.63) is 59.2 Å². The zero-order valence-electron chi connectivity index (χ0n) is 12.5. The zero-order chi connectivity index (χ0) is 15.4. The van der Waals surface area contributed by atoms with Gasteiger partial charge in [0.1, 0.15) is 0 Å². The number of hydrogen-bond acceptors (Lipinski definition) is 3. The lowest BCUT2D eigenvalue weighted by Gasteiger charge is -2.21. The quantitative estimate of drug-likeness (QED) is 0.828. The summed E-state index contributed by atoms with van der Waals surface area (Å²) >= 11 is 0. The van der Waals surface area contributed by atoms with E-state index < -0.39 is 5.91 Å². The van der Waals surface area contributed by atoms with Crippen LogP contribution in [0, 0.1) is 0 Å². The fourth-order valence-corrected chi connectivity index (χ4v) is 2.23. The van der Waals surface area contributed by atoms with E-state index in [-0.39, 0.29) is 0 Å². The van der Waals surface area contributed by atoms with Crippen molar-refractivity contribution in [1.29, 1.82) is 0 Å². The maximum absolute atomic E-state index is 11.1. The number of carbonyl (C=O) groups excluding carboxylic acids is 1. The molecular weight excluding hydrogens is 262 g/mol. The van der Waals surface area contributed by atoms with Gasteiger partial charge in [-0.25, -0.2) is 0 Å². The first-order valence-corrected chi connectivity index (χ1v) is 6.99. The van der Waals surface area contributed by atoms with E-state index in [1.54, 1.807) is 12.1 Å². The highest BCUT2D eigenvalue weighted by atomic mass is 16.1. The van der Waals surface area contributed by atoms with Gasteiger partial charge in [0.25, 0.3) is 0 Å². The van der Waals surface area contributed by atoms with Crippen molar-refractivity contribution in [2.24, 2.45) is 5.73 Å². The summed E-state index contributed by atoms with van der Waals surface area (Å²) in [7, 11) is 2.02. The Morgan fingerprint density at radius 2 is 1.81 bits per heavy atom. The second kappa shape index (κ2) is 6.31. The van der Waals surface area contributed by atoms with Crippen LogP contribution in [-0.4, -0.2) is 13.0 Å². The van der Waals surface area contributed by atoms with E-state index >= 15 is 0 Å². The van der Waals surface area contributed by atoms with Crippen molar-refractivity contribution in [2.45, 2.75) is 19.9 Å². The van der Waals surface area contributed by atoms with Crippen molar-refractivity contribution in [2.75, 3.05) is 17.7 Å². The van der Waals surface area contributed by atoms with Crippen LogP contribution in [0.25, 0.3) is 0 Å². The number of carbonyl (C=O) groups is 1. The molecule has 4 N–H and O–H groups in total. The molecule has 0 aromatic heterocycles. The van der Waals surface area contributed by atoms with Crippen LogP contribution < -0.4 is 16.4 Å². The fourth-order valence-electron chi connectivity index (χ4n) is 2.23. The first-order valence-electron chi connectivity index (χ1n) is 6.99. The third-order valence-corrected chi connectivity index (χ3v) is 3.62. The third kappa shape index (κ3) is 3.54. The molecule has 0 aliphatic carbocycles. The van der Waals surface area contributed by atoms with Crippen LogP contribution >= 0.6 is 0 Å². The predicted octanol–water partition coefficient (Wildman–Crippen LogP) is 2.57. The minimum absolute atomic E-state index is 0.436. The Balaban J connectivity index is 2.14. The minimum Gasteiger partial charge on any atom is -0.398 e. The van der Waals surface area contributed by atoms with Crippen molar-refractivity contribution in [3.63, 3.8) is 0 Å². The highest BCUT2D eigenvalue weighted by Crippen LogP contribution is 2.20. The highest BCUT2D eigenvalue weighted by Gasteiger charge is 2.08. The SMILES string of the molecule is CCc1ccc(N(C)Cc2ccc(C(N)=O)cc2N)cc1. The van der Waals surface area contributed by atoms with Gasteiger partial charge in [-0.15, -0.1) is 0 Å². The van der Waals surface area contributed by atoms with E-state index in [0.717, 1.165) is 17.7 Å². The van der Waals surface area contributed by atoms with Gasteiger partial charge >= 0.3 is 0 Å². The number of nitrogens with zero attached hydrogens (tertiary/aromatic N) is 1. The second-order valence-corrected chi connectivity index (χ2v) is 5.15.